The van der Waals surface area contributed by atoms with Gasteiger partial charge >= 0.3 is 11.9 Å². The highest BCUT2D eigenvalue weighted by molar-refractivity contribution is 5.72. The van der Waals surface area contributed by atoms with E-state index in [-0.39, 0.29) is 17.9 Å². The molecule has 0 saturated carbocycles. The molecule has 0 amide bonds. The number of carbonyl (C=O) groups excluding carboxylic acids is 2. The second-order valence-electron chi connectivity index (χ2n) is 12.1. The normalized spacial score (nSPS) is 13.2. The highest BCUT2D eigenvalue weighted by atomic mass is 16.5. The molecule has 2 unspecified atom stereocenters. The fourth-order valence-corrected chi connectivity index (χ4v) is 5.14. The lowest BCUT2D eigenvalue weighted by atomic mass is 9.84. The average molecular weight is 525 g/mol. The molecule has 2 atom stereocenters. The molecule has 0 bridgehead atoms. The van der Waals surface area contributed by atoms with Gasteiger partial charge in [0, 0.05) is 6.42 Å². The van der Waals surface area contributed by atoms with Crippen molar-refractivity contribution in [1.29, 1.82) is 0 Å². The monoisotopic (exact) mass is 524 g/mol. The molecule has 0 N–H and O–H groups in total. The molecule has 4 nitrogen and oxygen atoms in total. The molecule has 4 heteroatoms. The van der Waals surface area contributed by atoms with Crippen LogP contribution in [0.5, 0.6) is 0 Å². The van der Waals surface area contributed by atoms with Crippen molar-refractivity contribution in [3.63, 3.8) is 0 Å². The van der Waals surface area contributed by atoms with Crippen LogP contribution in [0, 0.1) is 23.7 Å². The van der Waals surface area contributed by atoms with E-state index in [9.17, 15) is 9.59 Å². The lowest BCUT2D eigenvalue weighted by Crippen LogP contribution is -2.25. The van der Waals surface area contributed by atoms with E-state index in [0.29, 0.717) is 25.6 Å². The summed E-state index contributed by atoms with van der Waals surface area (Å²) < 4.78 is 11.0. The molecule has 0 heterocycles. The molecule has 0 rings (SSSR count). The first-order valence-corrected chi connectivity index (χ1v) is 16.1. The Bertz CT molecular complexity index is 528. The summed E-state index contributed by atoms with van der Waals surface area (Å²) in [5.74, 6) is 2.03. The van der Waals surface area contributed by atoms with Gasteiger partial charge in [-0.1, -0.05) is 125 Å². The van der Waals surface area contributed by atoms with E-state index in [1.54, 1.807) is 0 Å². The maximum atomic E-state index is 12.7. The Morgan fingerprint density at radius 2 is 1.00 bits per heavy atom. The summed E-state index contributed by atoms with van der Waals surface area (Å²) >= 11 is 0. The maximum absolute atomic E-state index is 12.7. The Hall–Kier alpha value is -1.06. The van der Waals surface area contributed by atoms with Gasteiger partial charge in [-0.15, -0.1) is 0 Å². The third kappa shape index (κ3) is 22.6. The van der Waals surface area contributed by atoms with Crippen molar-refractivity contribution >= 4 is 11.9 Å². The molecule has 0 aliphatic carbocycles. The molecular weight excluding hydrogens is 460 g/mol. The second kappa shape index (κ2) is 25.2. The number of hydrogen-bond acceptors (Lipinski definition) is 4. The first kappa shape index (κ1) is 35.9. The predicted octanol–water partition coefficient (Wildman–Crippen LogP) is 10.1. The molecule has 0 aromatic rings. The fraction of sp³-hybridized carbons (Fsp3) is 0.939. The van der Waals surface area contributed by atoms with E-state index in [2.05, 4.69) is 41.5 Å². The topological polar surface area (TPSA) is 52.6 Å². The second-order valence-corrected chi connectivity index (χ2v) is 12.1. The summed E-state index contributed by atoms with van der Waals surface area (Å²) in [5.41, 5.74) is 0. The van der Waals surface area contributed by atoms with Crippen LogP contribution in [0.1, 0.15) is 164 Å². The van der Waals surface area contributed by atoms with Crippen LogP contribution in [0.25, 0.3) is 0 Å². The summed E-state index contributed by atoms with van der Waals surface area (Å²) in [6.07, 6.45) is 21.1. The van der Waals surface area contributed by atoms with Gasteiger partial charge in [-0.3, -0.25) is 9.59 Å². The van der Waals surface area contributed by atoms with Crippen LogP contribution in [0.15, 0.2) is 0 Å². The van der Waals surface area contributed by atoms with E-state index in [0.717, 1.165) is 69.6 Å². The minimum Gasteiger partial charge on any atom is -0.466 e. The van der Waals surface area contributed by atoms with E-state index >= 15 is 0 Å². The quantitative estimate of drug-likeness (QED) is 0.0834. The lowest BCUT2D eigenvalue weighted by Gasteiger charge is -2.23. The van der Waals surface area contributed by atoms with Gasteiger partial charge < -0.3 is 9.47 Å². The van der Waals surface area contributed by atoms with E-state index in [4.69, 9.17) is 9.47 Å². The van der Waals surface area contributed by atoms with Crippen molar-refractivity contribution in [3.05, 3.63) is 0 Å². The van der Waals surface area contributed by atoms with E-state index < -0.39 is 0 Å². The summed E-state index contributed by atoms with van der Waals surface area (Å²) in [4.78, 5) is 24.5. The third-order valence-corrected chi connectivity index (χ3v) is 7.65. The minimum atomic E-state index is -0.0235. The van der Waals surface area contributed by atoms with Crippen molar-refractivity contribution in [1.82, 2.24) is 0 Å². The van der Waals surface area contributed by atoms with Crippen LogP contribution in [0.3, 0.4) is 0 Å². The standard InChI is InChI=1S/C33H64O4/c1-7-30(31(8-2)33(35)37-27-21-15-17-23-29(5)6)24-18-12-10-9-11-13-19-25-32(34)36-26-20-14-16-22-28(3)4/h28-31H,7-27H2,1-6H3. The zero-order valence-corrected chi connectivity index (χ0v) is 25.8. The Kier molecular flexibility index (Phi) is 24.5. The summed E-state index contributed by atoms with van der Waals surface area (Å²) in [6, 6.07) is 0. The summed E-state index contributed by atoms with van der Waals surface area (Å²) in [5, 5.41) is 0. The van der Waals surface area contributed by atoms with Crippen LogP contribution in [0.4, 0.5) is 0 Å². The maximum Gasteiger partial charge on any atom is 0.309 e. The number of unbranched alkanes of at least 4 members (excludes halogenated alkanes) is 10. The molecule has 0 aliphatic rings. The minimum absolute atomic E-state index is 0.0235. The zero-order valence-electron chi connectivity index (χ0n) is 25.8. The highest BCUT2D eigenvalue weighted by Gasteiger charge is 2.26. The van der Waals surface area contributed by atoms with Gasteiger partial charge in [0.05, 0.1) is 19.1 Å². The van der Waals surface area contributed by atoms with E-state index in [1.165, 1.54) is 57.8 Å². The van der Waals surface area contributed by atoms with Crippen molar-refractivity contribution in [2.24, 2.45) is 23.7 Å². The summed E-state index contributed by atoms with van der Waals surface area (Å²) in [6.45, 7) is 14.5. The van der Waals surface area contributed by atoms with Gasteiger partial charge in [0.15, 0.2) is 0 Å². The molecule has 0 spiro atoms. The molecule has 0 aromatic heterocycles. The molecule has 37 heavy (non-hydrogen) atoms. The number of esters is 2. The Balaban J connectivity index is 3.77. The predicted molar refractivity (Wildman–Crippen MR) is 158 cm³/mol. The summed E-state index contributed by atoms with van der Waals surface area (Å²) in [7, 11) is 0. The Labute approximate surface area is 231 Å². The van der Waals surface area contributed by atoms with Gasteiger partial charge in [-0.2, -0.15) is 0 Å². The number of hydrogen-bond donors (Lipinski definition) is 0. The lowest BCUT2D eigenvalue weighted by molar-refractivity contribution is -0.151. The Morgan fingerprint density at radius 3 is 1.51 bits per heavy atom. The van der Waals surface area contributed by atoms with Gasteiger partial charge in [-0.25, -0.2) is 0 Å². The molecule has 0 aliphatic heterocycles. The largest absolute Gasteiger partial charge is 0.466 e. The van der Waals surface area contributed by atoms with Gasteiger partial charge in [0.25, 0.3) is 0 Å². The average Bonchev–Trinajstić information content (AvgIpc) is 2.85. The van der Waals surface area contributed by atoms with Crippen molar-refractivity contribution < 1.29 is 19.1 Å². The van der Waals surface area contributed by atoms with Gasteiger partial charge in [0.1, 0.15) is 0 Å². The van der Waals surface area contributed by atoms with Gasteiger partial charge in [0.2, 0.25) is 0 Å². The van der Waals surface area contributed by atoms with Crippen LogP contribution in [0.2, 0.25) is 0 Å². The molecule has 0 radical (unpaired) electrons. The highest BCUT2D eigenvalue weighted by Crippen LogP contribution is 2.27. The fourth-order valence-electron chi connectivity index (χ4n) is 5.14. The van der Waals surface area contributed by atoms with Crippen LogP contribution in [-0.2, 0) is 19.1 Å². The third-order valence-electron chi connectivity index (χ3n) is 7.65. The van der Waals surface area contributed by atoms with Crippen LogP contribution in [-0.4, -0.2) is 25.2 Å². The smallest absolute Gasteiger partial charge is 0.309 e. The first-order valence-electron chi connectivity index (χ1n) is 16.1. The molecule has 0 fully saturated rings. The van der Waals surface area contributed by atoms with Crippen LogP contribution >= 0.6 is 0 Å². The SMILES string of the molecule is CCC(CCCCCCCCCC(=O)OCCCCCC(C)C)C(CC)C(=O)OCCCCCC(C)C. The van der Waals surface area contributed by atoms with Crippen molar-refractivity contribution in [2.75, 3.05) is 13.2 Å². The number of rotatable bonds is 26. The first-order chi connectivity index (χ1) is 17.8. The van der Waals surface area contributed by atoms with Crippen molar-refractivity contribution in [3.8, 4) is 0 Å². The number of carbonyl (C=O) groups is 2. The molecule has 220 valence electrons. The zero-order chi connectivity index (χ0) is 27.7. The number of ether oxygens (including phenoxy) is 2. The molecule has 0 aromatic carbocycles. The Morgan fingerprint density at radius 1 is 0.541 bits per heavy atom. The van der Waals surface area contributed by atoms with Gasteiger partial charge in [-0.05, 0) is 49.9 Å². The molecular formula is C33H64O4. The van der Waals surface area contributed by atoms with Crippen LogP contribution < -0.4 is 0 Å². The van der Waals surface area contributed by atoms with E-state index in [1.807, 2.05) is 0 Å². The molecule has 0 saturated heterocycles. The van der Waals surface area contributed by atoms with Crippen molar-refractivity contribution in [2.45, 2.75) is 164 Å².